The summed E-state index contributed by atoms with van der Waals surface area (Å²) in [6.07, 6.45) is 3.34. The van der Waals surface area contributed by atoms with E-state index in [1.807, 2.05) is 0 Å². The smallest absolute Gasteiger partial charge is 0.276 e. The van der Waals surface area contributed by atoms with Gasteiger partial charge >= 0.3 is 0 Å². The fourth-order valence-electron chi connectivity index (χ4n) is 3.74. The molecule has 1 fully saturated rings. The van der Waals surface area contributed by atoms with Crippen molar-refractivity contribution in [1.82, 2.24) is 25.7 Å². The third kappa shape index (κ3) is 5.72. The second kappa shape index (κ2) is 11.3. The van der Waals surface area contributed by atoms with Crippen LogP contribution in [0.3, 0.4) is 0 Å². The van der Waals surface area contributed by atoms with Crippen molar-refractivity contribution in [2.75, 3.05) is 38.0 Å². The molecule has 2 aromatic rings. The minimum Gasteiger partial charge on any atom is -0.351 e. The van der Waals surface area contributed by atoms with Gasteiger partial charge in [0.25, 0.3) is 11.8 Å². The van der Waals surface area contributed by atoms with Gasteiger partial charge in [-0.3, -0.25) is 14.7 Å². The number of hydrogen-bond donors (Lipinski definition) is 4. The number of fused-ring (bicyclic) bond motifs is 1. The maximum absolute atomic E-state index is 12.5. The molecular formula is C20H28Cl2N6O2. The molecular weight excluding hydrogens is 427 g/mol. The highest BCUT2D eigenvalue weighted by Gasteiger charge is 2.21. The van der Waals surface area contributed by atoms with Crippen LogP contribution in [0.1, 0.15) is 44.9 Å². The summed E-state index contributed by atoms with van der Waals surface area (Å²) < 4.78 is 0. The average Bonchev–Trinajstić information content (AvgIpc) is 3.38. The third-order valence-corrected chi connectivity index (χ3v) is 5.34. The van der Waals surface area contributed by atoms with Gasteiger partial charge in [0.05, 0.1) is 0 Å². The van der Waals surface area contributed by atoms with Gasteiger partial charge in [-0.25, -0.2) is 0 Å². The van der Waals surface area contributed by atoms with Gasteiger partial charge in [0.1, 0.15) is 0 Å². The Morgan fingerprint density at radius 2 is 1.80 bits per heavy atom. The molecule has 0 aliphatic carbocycles. The van der Waals surface area contributed by atoms with Crippen molar-refractivity contribution in [2.45, 2.75) is 25.8 Å². The summed E-state index contributed by atoms with van der Waals surface area (Å²) in [5.41, 5.74) is 3.59. The van der Waals surface area contributed by atoms with E-state index in [4.69, 9.17) is 0 Å². The van der Waals surface area contributed by atoms with Crippen LogP contribution in [0.4, 0.5) is 5.69 Å². The van der Waals surface area contributed by atoms with E-state index >= 15 is 0 Å². The van der Waals surface area contributed by atoms with Crippen LogP contribution in [0.25, 0.3) is 0 Å². The zero-order chi connectivity index (χ0) is 19.3. The Morgan fingerprint density at radius 3 is 2.53 bits per heavy atom. The SMILES string of the molecule is Cl.Cl.O=C(NCCN1CCCC1)c1ccc(NC(=O)c2n[nH]c3c2CNCC3)cc1. The molecule has 2 aliphatic heterocycles. The van der Waals surface area contributed by atoms with Crippen LogP contribution in [0, 0.1) is 0 Å². The summed E-state index contributed by atoms with van der Waals surface area (Å²) >= 11 is 0. The van der Waals surface area contributed by atoms with Crippen LogP contribution in [-0.2, 0) is 13.0 Å². The lowest BCUT2D eigenvalue weighted by atomic mass is 10.1. The van der Waals surface area contributed by atoms with Gasteiger partial charge in [-0.05, 0) is 50.2 Å². The number of amides is 2. The quantitative estimate of drug-likeness (QED) is 0.534. The summed E-state index contributed by atoms with van der Waals surface area (Å²) in [7, 11) is 0. The molecule has 10 heteroatoms. The monoisotopic (exact) mass is 454 g/mol. The van der Waals surface area contributed by atoms with Crippen molar-refractivity contribution in [2.24, 2.45) is 0 Å². The van der Waals surface area contributed by atoms with Crippen molar-refractivity contribution >= 4 is 42.3 Å². The van der Waals surface area contributed by atoms with Crippen LogP contribution in [0.5, 0.6) is 0 Å². The minimum atomic E-state index is -0.246. The second-order valence-electron chi connectivity index (χ2n) is 7.29. The molecule has 0 atom stereocenters. The Balaban J connectivity index is 0.00000160. The van der Waals surface area contributed by atoms with Gasteiger partial charge in [0.15, 0.2) is 5.69 Å². The normalized spacial score (nSPS) is 15.5. The number of H-pyrrole nitrogens is 1. The number of aromatic amines is 1. The number of hydrogen-bond acceptors (Lipinski definition) is 5. The zero-order valence-corrected chi connectivity index (χ0v) is 18.3. The molecule has 1 saturated heterocycles. The number of nitrogens with one attached hydrogen (secondary N) is 4. The first kappa shape index (κ1) is 24.1. The molecule has 2 aliphatic rings. The standard InChI is InChI=1S/C20H26N6O2.2ClH/c27-19(22-9-12-26-10-1-2-11-26)14-3-5-15(6-4-14)23-20(28)18-16-13-21-8-7-17(16)24-25-18;;/h3-6,21H,1-2,7-13H2,(H,22,27)(H,23,28)(H,24,25);2*1H. The van der Waals surface area contributed by atoms with E-state index in [-0.39, 0.29) is 36.6 Å². The van der Waals surface area contributed by atoms with E-state index in [1.54, 1.807) is 24.3 Å². The molecule has 1 aromatic heterocycles. The van der Waals surface area contributed by atoms with Gasteiger partial charge in [0.2, 0.25) is 0 Å². The van der Waals surface area contributed by atoms with E-state index in [0.717, 1.165) is 43.9 Å². The minimum absolute atomic E-state index is 0. The maximum Gasteiger partial charge on any atom is 0.276 e. The van der Waals surface area contributed by atoms with E-state index in [9.17, 15) is 9.59 Å². The first-order valence-electron chi connectivity index (χ1n) is 9.89. The molecule has 0 unspecified atom stereocenters. The van der Waals surface area contributed by atoms with Gasteiger partial charge in [-0.1, -0.05) is 0 Å². The number of aromatic nitrogens is 2. The van der Waals surface area contributed by atoms with E-state index in [2.05, 4.69) is 31.0 Å². The molecule has 8 nitrogen and oxygen atoms in total. The Morgan fingerprint density at radius 1 is 1.07 bits per heavy atom. The van der Waals surface area contributed by atoms with Gasteiger partial charge in [-0.15, -0.1) is 24.8 Å². The van der Waals surface area contributed by atoms with Crippen molar-refractivity contribution in [3.63, 3.8) is 0 Å². The molecule has 4 N–H and O–H groups in total. The molecule has 0 saturated carbocycles. The van der Waals surface area contributed by atoms with Crippen LogP contribution >= 0.6 is 24.8 Å². The van der Waals surface area contributed by atoms with E-state index in [0.29, 0.717) is 30.0 Å². The predicted molar refractivity (Wildman–Crippen MR) is 121 cm³/mol. The molecule has 1 aromatic carbocycles. The van der Waals surface area contributed by atoms with Crippen LogP contribution in [-0.4, -0.2) is 59.6 Å². The topological polar surface area (TPSA) is 102 Å². The number of rotatable bonds is 6. The van der Waals surface area contributed by atoms with Crippen molar-refractivity contribution in [1.29, 1.82) is 0 Å². The predicted octanol–water partition coefficient (Wildman–Crippen LogP) is 1.98. The lowest BCUT2D eigenvalue weighted by Gasteiger charge is -2.14. The third-order valence-electron chi connectivity index (χ3n) is 5.34. The number of carbonyl (C=O) groups excluding carboxylic acids is 2. The van der Waals surface area contributed by atoms with Crippen molar-refractivity contribution in [3.05, 3.63) is 46.8 Å². The average molecular weight is 455 g/mol. The lowest BCUT2D eigenvalue weighted by molar-refractivity contribution is 0.0949. The summed E-state index contributed by atoms with van der Waals surface area (Å²) in [5.74, 6) is -0.339. The number of anilines is 1. The Bertz CT molecular complexity index is 849. The lowest BCUT2D eigenvalue weighted by Crippen LogP contribution is -2.33. The highest BCUT2D eigenvalue weighted by Crippen LogP contribution is 2.17. The molecule has 3 heterocycles. The second-order valence-corrected chi connectivity index (χ2v) is 7.29. The fourth-order valence-corrected chi connectivity index (χ4v) is 3.74. The summed E-state index contributed by atoms with van der Waals surface area (Å²) in [5, 5.41) is 16.2. The van der Waals surface area contributed by atoms with Crippen LogP contribution in [0.2, 0.25) is 0 Å². The van der Waals surface area contributed by atoms with Crippen LogP contribution in [0.15, 0.2) is 24.3 Å². The number of nitrogens with zero attached hydrogens (tertiary/aromatic N) is 2. The van der Waals surface area contributed by atoms with Gasteiger partial charge in [-0.2, -0.15) is 5.10 Å². The Kier molecular flexibility index (Phi) is 9.10. The number of benzene rings is 1. The van der Waals surface area contributed by atoms with E-state index in [1.165, 1.54) is 12.8 Å². The molecule has 30 heavy (non-hydrogen) atoms. The molecule has 164 valence electrons. The molecule has 2 amide bonds. The first-order chi connectivity index (χ1) is 13.7. The van der Waals surface area contributed by atoms with Crippen LogP contribution < -0.4 is 16.0 Å². The fraction of sp³-hybridized carbons (Fsp3) is 0.450. The Hall–Kier alpha value is -2.13. The summed E-state index contributed by atoms with van der Waals surface area (Å²) in [6.45, 7) is 5.32. The van der Waals surface area contributed by atoms with Crippen molar-refractivity contribution < 1.29 is 9.59 Å². The highest BCUT2D eigenvalue weighted by molar-refractivity contribution is 6.04. The maximum atomic E-state index is 12.5. The number of carbonyl (C=O) groups is 2. The zero-order valence-electron chi connectivity index (χ0n) is 16.7. The molecule has 4 rings (SSSR count). The molecule has 0 bridgehead atoms. The van der Waals surface area contributed by atoms with E-state index < -0.39 is 0 Å². The molecule has 0 radical (unpaired) electrons. The number of likely N-dealkylation sites (tertiary alicyclic amines) is 1. The Labute approximate surface area is 188 Å². The first-order valence-corrected chi connectivity index (χ1v) is 9.89. The largest absolute Gasteiger partial charge is 0.351 e. The highest BCUT2D eigenvalue weighted by atomic mass is 35.5. The molecule has 0 spiro atoms. The van der Waals surface area contributed by atoms with Gasteiger partial charge < -0.3 is 20.9 Å². The number of halogens is 2. The van der Waals surface area contributed by atoms with Gasteiger partial charge in [0, 0.05) is 55.1 Å². The summed E-state index contributed by atoms with van der Waals surface area (Å²) in [6, 6.07) is 6.93. The summed E-state index contributed by atoms with van der Waals surface area (Å²) in [4.78, 5) is 27.2. The van der Waals surface area contributed by atoms with Crippen molar-refractivity contribution in [3.8, 4) is 0 Å².